The number of esters is 1. The van der Waals surface area contributed by atoms with Crippen LogP contribution in [0.1, 0.15) is 39.0 Å². The fourth-order valence-electron chi connectivity index (χ4n) is 1.44. The summed E-state index contributed by atoms with van der Waals surface area (Å²) in [5.41, 5.74) is 2.33. The Morgan fingerprint density at radius 1 is 1.37 bits per heavy atom. The molecule has 0 aromatic carbocycles. The number of hydrogen-bond donors (Lipinski definition) is 1. The molecule has 8 heteroatoms. The van der Waals surface area contributed by atoms with E-state index in [4.69, 9.17) is 5.73 Å². The molecule has 0 spiro atoms. The fourth-order valence-corrected chi connectivity index (χ4v) is 1.44. The largest absolute Gasteiger partial charge is 0.462 e. The van der Waals surface area contributed by atoms with Crippen molar-refractivity contribution >= 4 is 11.9 Å². The number of primary amides is 1. The molecule has 0 unspecified atom stereocenters. The lowest BCUT2D eigenvalue weighted by atomic mass is 10.1. The van der Waals surface area contributed by atoms with Crippen molar-refractivity contribution in [3.63, 3.8) is 0 Å². The van der Waals surface area contributed by atoms with Crippen molar-refractivity contribution in [2.45, 2.75) is 20.0 Å². The molecule has 0 saturated carbocycles. The van der Waals surface area contributed by atoms with Crippen LogP contribution in [0.4, 0.5) is 13.2 Å². The highest BCUT2D eigenvalue weighted by Crippen LogP contribution is 2.31. The summed E-state index contributed by atoms with van der Waals surface area (Å²) < 4.78 is 42.8. The second kappa shape index (κ2) is 5.25. The van der Waals surface area contributed by atoms with Gasteiger partial charge in [0.2, 0.25) is 0 Å². The summed E-state index contributed by atoms with van der Waals surface area (Å²) in [4.78, 5) is 25.8. The summed E-state index contributed by atoms with van der Waals surface area (Å²) in [5, 5.41) is 0. The monoisotopic (exact) mass is 276 g/mol. The van der Waals surface area contributed by atoms with Gasteiger partial charge in [-0.25, -0.2) is 9.78 Å². The zero-order valence-electron chi connectivity index (χ0n) is 10.2. The quantitative estimate of drug-likeness (QED) is 0.851. The van der Waals surface area contributed by atoms with Gasteiger partial charge in [-0.3, -0.25) is 4.79 Å². The molecule has 0 aliphatic heterocycles. The van der Waals surface area contributed by atoms with E-state index in [2.05, 4.69) is 9.72 Å². The normalized spacial score (nSPS) is 11.2. The summed E-state index contributed by atoms with van der Waals surface area (Å²) in [5.74, 6) is -2.17. The lowest BCUT2D eigenvalue weighted by Gasteiger charge is -2.13. The van der Waals surface area contributed by atoms with Gasteiger partial charge in [0, 0.05) is 0 Å². The number of hydrogen-bond acceptors (Lipinski definition) is 4. The number of halogens is 3. The summed E-state index contributed by atoms with van der Waals surface area (Å²) in [6.45, 7) is 2.54. The van der Waals surface area contributed by atoms with Gasteiger partial charge in [-0.1, -0.05) is 0 Å². The molecule has 1 aromatic rings. The Labute approximate surface area is 106 Å². The van der Waals surface area contributed by atoms with Gasteiger partial charge in [0.25, 0.3) is 5.91 Å². The average Bonchev–Trinajstić information content (AvgIpc) is 2.27. The molecule has 0 radical (unpaired) electrons. The molecule has 104 valence electrons. The van der Waals surface area contributed by atoms with E-state index in [1.807, 2.05) is 0 Å². The minimum atomic E-state index is -4.83. The van der Waals surface area contributed by atoms with Gasteiger partial charge in [0.15, 0.2) is 5.69 Å². The first kappa shape index (κ1) is 14.9. The molecule has 1 aromatic heterocycles. The van der Waals surface area contributed by atoms with Crippen LogP contribution in [0.25, 0.3) is 0 Å². The minimum absolute atomic E-state index is 0.101. The molecule has 0 atom stereocenters. The first-order valence-corrected chi connectivity index (χ1v) is 5.24. The molecule has 2 N–H and O–H groups in total. The molecule has 0 aliphatic carbocycles. The topological polar surface area (TPSA) is 82.3 Å². The second-order valence-corrected chi connectivity index (χ2v) is 3.60. The Hall–Kier alpha value is -2.12. The first-order chi connectivity index (χ1) is 8.68. The van der Waals surface area contributed by atoms with Gasteiger partial charge in [-0.2, -0.15) is 13.2 Å². The standard InChI is InChI=1S/C11H11F3N2O3/c1-3-19-10(18)7-4-6(9(15)17)5(2)16-8(7)11(12,13)14/h4H,3H2,1-2H3,(H2,15,17). The lowest BCUT2D eigenvalue weighted by Crippen LogP contribution is -2.22. The number of carbonyl (C=O) groups excluding carboxylic acids is 2. The van der Waals surface area contributed by atoms with Gasteiger partial charge >= 0.3 is 12.1 Å². The molecular formula is C11H11F3N2O3. The highest BCUT2D eigenvalue weighted by Gasteiger charge is 2.38. The van der Waals surface area contributed by atoms with Crippen molar-refractivity contribution in [3.8, 4) is 0 Å². The molecule has 0 fully saturated rings. The number of ether oxygens (including phenoxy) is 1. The number of rotatable bonds is 3. The van der Waals surface area contributed by atoms with Crippen LogP contribution < -0.4 is 5.73 Å². The van der Waals surface area contributed by atoms with E-state index < -0.39 is 29.3 Å². The van der Waals surface area contributed by atoms with Crippen LogP contribution in [0.15, 0.2) is 6.07 Å². The molecule has 0 aliphatic rings. The molecule has 5 nitrogen and oxygen atoms in total. The second-order valence-electron chi connectivity index (χ2n) is 3.60. The number of pyridine rings is 1. The first-order valence-electron chi connectivity index (χ1n) is 5.24. The van der Waals surface area contributed by atoms with Crippen molar-refractivity contribution in [2.24, 2.45) is 5.73 Å². The van der Waals surface area contributed by atoms with E-state index in [1.54, 1.807) is 0 Å². The van der Waals surface area contributed by atoms with Gasteiger partial charge in [0.1, 0.15) is 0 Å². The van der Waals surface area contributed by atoms with Gasteiger partial charge in [-0.15, -0.1) is 0 Å². The Bertz CT molecular complexity index is 527. The predicted molar refractivity (Wildman–Crippen MR) is 58.5 cm³/mol. The summed E-state index contributed by atoms with van der Waals surface area (Å²) in [7, 11) is 0. The third-order valence-corrected chi connectivity index (χ3v) is 2.24. The molecule has 0 bridgehead atoms. The number of nitrogens with two attached hydrogens (primary N) is 1. The Morgan fingerprint density at radius 2 is 1.95 bits per heavy atom. The summed E-state index contributed by atoms with van der Waals surface area (Å²) in [6, 6.07) is 0.755. The van der Waals surface area contributed by atoms with Crippen LogP contribution in [0, 0.1) is 6.92 Å². The van der Waals surface area contributed by atoms with Crippen molar-refractivity contribution in [1.29, 1.82) is 0 Å². The Balaban J connectivity index is 3.50. The van der Waals surface area contributed by atoms with Crippen LogP contribution in [-0.4, -0.2) is 23.5 Å². The SMILES string of the molecule is CCOC(=O)c1cc(C(N)=O)c(C)nc1C(F)(F)F. The molecule has 0 saturated heterocycles. The Morgan fingerprint density at radius 3 is 2.37 bits per heavy atom. The summed E-state index contributed by atoms with van der Waals surface area (Å²) >= 11 is 0. The van der Waals surface area contributed by atoms with Crippen molar-refractivity contribution in [1.82, 2.24) is 4.98 Å². The maximum Gasteiger partial charge on any atom is 0.434 e. The average molecular weight is 276 g/mol. The molecule has 19 heavy (non-hydrogen) atoms. The number of nitrogens with zero attached hydrogens (tertiary/aromatic N) is 1. The van der Waals surface area contributed by atoms with Gasteiger partial charge in [-0.05, 0) is 19.9 Å². The van der Waals surface area contributed by atoms with E-state index in [9.17, 15) is 22.8 Å². The zero-order valence-corrected chi connectivity index (χ0v) is 10.2. The van der Waals surface area contributed by atoms with Crippen LogP contribution in [-0.2, 0) is 10.9 Å². The van der Waals surface area contributed by atoms with Crippen LogP contribution in [0.2, 0.25) is 0 Å². The highest BCUT2D eigenvalue weighted by atomic mass is 19.4. The van der Waals surface area contributed by atoms with E-state index in [0.29, 0.717) is 0 Å². The van der Waals surface area contributed by atoms with E-state index in [1.165, 1.54) is 13.8 Å². The predicted octanol–water partition coefficient (Wildman–Crippen LogP) is 1.68. The fraction of sp³-hybridized carbons (Fsp3) is 0.364. The smallest absolute Gasteiger partial charge is 0.434 e. The molecule has 1 amide bonds. The number of aryl methyl sites for hydroxylation is 1. The van der Waals surface area contributed by atoms with Crippen LogP contribution in [0.5, 0.6) is 0 Å². The molecular weight excluding hydrogens is 265 g/mol. The third kappa shape index (κ3) is 3.21. The van der Waals surface area contributed by atoms with E-state index in [-0.39, 0.29) is 17.9 Å². The Kier molecular flexibility index (Phi) is 4.13. The minimum Gasteiger partial charge on any atom is -0.462 e. The van der Waals surface area contributed by atoms with Gasteiger partial charge < -0.3 is 10.5 Å². The van der Waals surface area contributed by atoms with Crippen LogP contribution >= 0.6 is 0 Å². The highest BCUT2D eigenvalue weighted by molar-refractivity contribution is 5.98. The van der Waals surface area contributed by atoms with Crippen LogP contribution in [0.3, 0.4) is 0 Å². The zero-order chi connectivity index (χ0) is 14.8. The number of aromatic nitrogens is 1. The number of carbonyl (C=O) groups is 2. The lowest BCUT2D eigenvalue weighted by molar-refractivity contribution is -0.141. The van der Waals surface area contributed by atoms with E-state index >= 15 is 0 Å². The number of alkyl halides is 3. The molecule has 1 heterocycles. The number of amides is 1. The molecule has 1 rings (SSSR count). The van der Waals surface area contributed by atoms with Gasteiger partial charge in [0.05, 0.1) is 23.4 Å². The van der Waals surface area contributed by atoms with Crippen molar-refractivity contribution in [2.75, 3.05) is 6.61 Å². The van der Waals surface area contributed by atoms with Crippen molar-refractivity contribution in [3.05, 3.63) is 28.6 Å². The van der Waals surface area contributed by atoms with Crippen molar-refractivity contribution < 1.29 is 27.5 Å². The maximum atomic E-state index is 12.8. The van der Waals surface area contributed by atoms with E-state index in [0.717, 1.165) is 6.07 Å². The maximum absolute atomic E-state index is 12.8. The summed E-state index contributed by atoms with van der Waals surface area (Å²) in [6.07, 6.45) is -4.83. The third-order valence-electron chi connectivity index (χ3n) is 2.24.